The molecular weight excluding hydrogens is 364 g/mol. The third-order valence-corrected chi connectivity index (χ3v) is 3.85. The van der Waals surface area contributed by atoms with E-state index in [9.17, 15) is 9.59 Å². The van der Waals surface area contributed by atoms with Gasteiger partial charge in [-0.25, -0.2) is 4.79 Å². The van der Waals surface area contributed by atoms with Gasteiger partial charge in [-0.05, 0) is 36.4 Å². The van der Waals surface area contributed by atoms with E-state index in [2.05, 4.69) is 19.4 Å². The van der Waals surface area contributed by atoms with Crippen LogP contribution in [-0.2, 0) is 0 Å². The predicted molar refractivity (Wildman–Crippen MR) is 96.8 cm³/mol. The molecule has 9 heteroatoms. The van der Waals surface area contributed by atoms with Crippen molar-refractivity contribution in [2.45, 2.75) is 0 Å². The van der Waals surface area contributed by atoms with Gasteiger partial charge in [0, 0.05) is 11.4 Å². The number of halogens is 1. The van der Waals surface area contributed by atoms with Crippen LogP contribution in [-0.4, -0.2) is 14.8 Å². The molecule has 0 aliphatic rings. The van der Waals surface area contributed by atoms with E-state index < -0.39 is 5.43 Å². The number of rotatable bonds is 4. The molecule has 0 spiro atoms. The number of amides is 2. The van der Waals surface area contributed by atoms with Crippen molar-refractivity contribution in [1.82, 2.24) is 8.75 Å². The van der Waals surface area contributed by atoms with Crippen LogP contribution in [0.15, 0.2) is 59.4 Å². The minimum absolute atomic E-state index is 0.146. The second-order valence-electron chi connectivity index (χ2n) is 4.76. The zero-order valence-electron chi connectivity index (χ0n) is 12.6. The molecule has 25 heavy (non-hydrogen) atoms. The predicted octanol–water partition coefficient (Wildman–Crippen LogP) is 3.99. The fourth-order valence-electron chi connectivity index (χ4n) is 1.86. The molecule has 0 saturated heterocycles. The molecule has 7 nitrogen and oxygen atoms in total. The summed E-state index contributed by atoms with van der Waals surface area (Å²) in [6.07, 6.45) is 0. The van der Waals surface area contributed by atoms with Gasteiger partial charge in [0.2, 0.25) is 0 Å². The Bertz CT molecular complexity index is 932. The number of para-hydroxylation sites is 1. The van der Waals surface area contributed by atoms with E-state index in [0.717, 1.165) is 11.7 Å². The third-order valence-electron chi connectivity index (χ3n) is 2.98. The number of hydrogen-bond acceptors (Lipinski definition) is 6. The van der Waals surface area contributed by atoms with Gasteiger partial charge in [0.05, 0.1) is 11.7 Å². The molecule has 0 fully saturated rings. The average Bonchev–Trinajstić information content (AvgIpc) is 2.61. The zero-order chi connectivity index (χ0) is 17.6. The van der Waals surface area contributed by atoms with Crippen LogP contribution in [0, 0.1) is 0 Å². The highest BCUT2D eigenvalue weighted by molar-refractivity contribution is 6.99. The lowest BCUT2D eigenvalue weighted by molar-refractivity contribution is 0.262. The molecular formula is C16H11ClN4O3S. The summed E-state index contributed by atoms with van der Waals surface area (Å²) in [7, 11) is 0. The number of nitrogens with zero attached hydrogens (tertiary/aromatic N) is 2. The highest BCUT2D eigenvalue weighted by atomic mass is 35.5. The van der Waals surface area contributed by atoms with Gasteiger partial charge < -0.3 is 15.4 Å². The summed E-state index contributed by atoms with van der Waals surface area (Å²) in [5.41, 5.74) is 0.668. The summed E-state index contributed by atoms with van der Waals surface area (Å²) in [6.45, 7) is 0. The van der Waals surface area contributed by atoms with Crippen molar-refractivity contribution in [2.75, 3.05) is 10.6 Å². The fraction of sp³-hybridized carbons (Fsp3) is 0. The summed E-state index contributed by atoms with van der Waals surface area (Å²) in [6, 6.07) is 15.2. The van der Waals surface area contributed by atoms with Crippen LogP contribution in [0.4, 0.5) is 16.2 Å². The molecule has 0 atom stereocenters. The number of carbonyl (C=O) groups excluding carboxylic acids is 1. The van der Waals surface area contributed by atoms with Gasteiger partial charge in [0.25, 0.3) is 11.3 Å². The van der Waals surface area contributed by atoms with E-state index in [-0.39, 0.29) is 17.1 Å². The Morgan fingerprint density at radius 3 is 2.28 bits per heavy atom. The first-order valence-corrected chi connectivity index (χ1v) is 8.16. The molecule has 0 aliphatic heterocycles. The number of benzene rings is 2. The Morgan fingerprint density at radius 1 is 0.960 bits per heavy atom. The quantitative estimate of drug-likeness (QED) is 0.720. The number of carbonyl (C=O) groups is 1. The molecule has 1 heterocycles. The van der Waals surface area contributed by atoms with Crippen molar-refractivity contribution < 1.29 is 9.53 Å². The van der Waals surface area contributed by atoms with Crippen molar-refractivity contribution in [3.63, 3.8) is 0 Å². The first kappa shape index (κ1) is 16.9. The maximum absolute atomic E-state index is 11.9. The van der Waals surface area contributed by atoms with Crippen LogP contribution in [0.1, 0.15) is 0 Å². The summed E-state index contributed by atoms with van der Waals surface area (Å²) < 4.78 is 12.8. The van der Waals surface area contributed by atoms with Gasteiger partial charge in [0.1, 0.15) is 5.75 Å². The standard InChI is InChI=1S/C16H11ClN4O3S/c17-14-13(22)15(21-25-20-14)24-12-8-6-11(7-9-12)19-16(23)18-10-4-2-1-3-5-10/h1-9H,(H2,18,19,23). The van der Waals surface area contributed by atoms with Crippen molar-refractivity contribution in [2.24, 2.45) is 0 Å². The van der Waals surface area contributed by atoms with Gasteiger partial charge in [-0.1, -0.05) is 29.8 Å². The molecule has 2 N–H and O–H groups in total. The molecule has 0 radical (unpaired) electrons. The number of urea groups is 1. The first-order chi connectivity index (χ1) is 12.1. The second-order valence-corrected chi connectivity index (χ2v) is 5.65. The molecule has 0 saturated carbocycles. The molecule has 2 amide bonds. The Morgan fingerprint density at radius 2 is 1.60 bits per heavy atom. The van der Waals surface area contributed by atoms with Crippen molar-refractivity contribution in [3.05, 3.63) is 70.0 Å². The lowest BCUT2D eigenvalue weighted by atomic mass is 10.3. The van der Waals surface area contributed by atoms with Crippen molar-refractivity contribution in [3.8, 4) is 11.6 Å². The molecule has 2 aromatic carbocycles. The van der Waals surface area contributed by atoms with Gasteiger partial charge in [-0.3, -0.25) is 4.79 Å². The SMILES string of the molecule is O=C(Nc1ccccc1)Nc1ccc(Oc2nsnc(Cl)c2=O)cc1. The Balaban J connectivity index is 1.63. The molecule has 0 bridgehead atoms. The summed E-state index contributed by atoms with van der Waals surface area (Å²) in [5.74, 6) is 0.237. The normalized spacial score (nSPS) is 10.1. The lowest BCUT2D eigenvalue weighted by Crippen LogP contribution is -2.19. The minimum atomic E-state index is -0.579. The summed E-state index contributed by atoms with van der Waals surface area (Å²) in [5, 5.41) is 5.21. The van der Waals surface area contributed by atoms with Gasteiger partial charge in [-0.15, -0.1) is 4.37 Å². The smallest absolute Gasteiger partial charge is 0.323 e. The number of ether oxygens (including phenoxy) is 1. The van der Waals surface area contributed by atoms with E-state index in [1.54, 1.807) is 36.4 Å². The molecule has 1 aromatic heterocycles. The second kappa shape index (κ2) is 7.73. The maximum Gasteiger partial charge on any atom is 0.323 e. The van der Waals surface area contributed by atoms with Crippen LogP contribution in [0.5, 0.6) is 11.6 Å². The number of nitrogens with one attached hydrogen (secondary N) is 2. The Labute approximate surface area is 151 Å². The highest BCUT2D eigenvalue weighted by Gasteiger charge is 2.09. The molecule has 0 aliphatic carbocycles. The van der Waals surface area contributed by atoms with E-state index in [1.165, 1.54) is 0 Å². The largest absolute Gasteiger partial charge is 0.435 e. The average molecular weight is 375 g/mol. The fourth-order valence-corrected chi connectivity index (χ4v) is 2.43. The van der Waals surface area contributed by atoms with E-state index in [0.29, 0.717) is 17.1 Å². The third kappa shape index (κ3) is 4.52. The van der Waals surface area contributed by atoms with Crippen LogP contribution >= 0.6 is 23.3 Å². The Kier molecular flexibility index (Phi) is 5.22. The zero-order valence-corrected chi connectivity index (χ0v) is 14.2. The maximum atomic E-state index is 11.9. The van der Waals surface area contributed by atoms with Gasteiger partial charge in [0.15, 0.2) is 5.15 Å². The van der Waals surface area contributed by atoms with Crippen molar-refractivity contribution >= 4 is 40.7 Å². The van der Waals surface area contributed by atoms with E-state index in [4.69, 9.17) is 16.3 Å². The van der Waals surface area contributed by atoms with E-state index >= 15 is 0 Å². The first-order valence-electron chi connectivity index (χ1n) is 7.05. The lowest BCUT2D eigenvalue weighted by Gasteiger charge is -2.08. The minimum Gasteiger partial charge on any atom is -0.435 e. The van der Waals surface area contributed by atoms with Crippen LogP contribution in [0.3, 0.4) is 0 Å². The molecule has 3 aromatic rings. The molecule has 0 unspecified atom stereocenters. The number of aromatic nitrogens is 2. The van der Waals surface area contributed by atoms with Crippen LogP contribution in [0.2, 0.25) is 5.15 Å². The number of anilines is 2. The van der Waals surface area contributed by atoms with Crippen LogP contribution < -0.4 is 20.8 Å². The monoisotopic (exact) mass is 374 g/mol. The van der Waals surface area contributed by atoms with Gasteiger partial charge >= 0.3 is 6.03 Å². The van der Waals surface area contributed by atoms with E-state index in [1.807, 2.05) is 18.2 Å². The Hall–Kier alpha value is -2.97. The van der Waals surface area contributed by atoms with Gasteiger partial charge in [-0.2, -0.15) is 4.37 Å². The summed E-state index contributed by atoms with van der Waals surface area (Å²) in [4.78, 5) is 23.6. The highest BCUT2D eigenvalue weighted by Crippen LogP contribution is 2.20. The number of hydrogen-bond donors (Lipinski definition) is 2. The summed E-state index contributed by atoms with van der Waals surface area (Å²) >= 11 is 6.42. The van der Waals surface area contributed by atoms with Crippen molar-refractivity contribution in [1.29, 1.82) is 0 Å². The van der Waals surface area contributed by atoms with Crippen LogP contribution in [0.25, 0.3) is 0 Å². The topological polar surface area (TPSA) is 93.2 Å². The molecule has 126 valence electrons. The molecule has 3 rings (SSSR count).